The van der Waals surface area contributed by atoms with Gasteiger partial charge in [-0.3, -0.25) is 9.59 Å². The Morgan fingerprint density at radius 3 is 2.44 bits per heavy atom. The maximum Gasteiger partial charge on any atom is 0.280 e. The minimum Gasteiger partial charge on any atom is -0.268 e. The van der Waals surface area contributed by atoms with Gasteiger partial charge in [0.25, 0.3) is 11.5 Å². The van der Waals surface area contributed by atoms with Crippen LogP contribution in [0, 0.1) is 6.92 Å². The molecule has 0 saturated carbocycles. The van der Waals surface area contributed by atoms with Gasteiger partial charge in [-0.2, -0.15) is 24.4 Å². The SMILES string of the molecule is Cc1ccc(-n2c(=O)c3cnc4c(cnn4C(=O)c4ccccc4)c3n3ncnc23)cc1. The second kappa shape index (κ2) is 6.67. The first-order valence-corrected chi connectivity index (χ1v) is 9.91. The average molecular weight is 421 g/mol. The molecule has 0 aliphatic carbocycles. The molecule has 2 aromatic carbocycles. The first-order valence-electron chi connectivity index (χ1n) is 9.91. The van der Waals surface area contributed by atoms with Gasteiger partial charge in [0.1, 0.15) is 6.33 Å². The topological polar surface area (TPSA) is 100.0 Å². The Balaban J connectivity index is 1.66. The highest BCUT2D eigenvalue weighted by Gasteiger charge is 2.21. The summed E-state index contributed by atoms with van der Waals surface area (Å²) in [5.74, 6) is 0.0521. The summed E-state index contributed by atoms with van der Waals surface area (Å²) in [6, 6.07) is 16.4. The van der Waals surface area contributed by atoms with E-state index in [1.54, 1.807) is 28.8 Å². The molecule has 4 heterocycles. The fourth-order valence-corrected chi connectivity index (χ4v) is 3.88. The summed E-state index contributed by atoms with van der Waals surface area (Å²) in [7, 11) is 0. The molecule has 0 saturated heterocycles. The van der Waals surface area contributed by atoms with Crippen molar-refractivity contribution in [2.45, 2.75) is 6.92 Å². The molecule has 0 bridgehead atoms. The van der Waals surface area contributed by atoms with Crippen LogP contribution >= 0.6 is 0 Å². The predicted molar refractivity (Wildman–Crippen MR) is 118 cm³/mol. The van der Waals surface area contributed by atoms with Crippen LogP contribution < -0.4 is 5.56 Å². The number of fused-ring (bicyclic) bond motifs is 5. The Kier molecular flexibility index (Phi) is 3.78. The molecule has 0 spiro atoms. The Morgan fingerprint density at radius 2 is 1.66 bits per heavy atom. The molecule has 9 heteroatoms. The van der Waals surface area contributed by atoms with Crippen LogP contribution in [-0.2, 0) is 0 Å². The van der Waals surface area contributed by atoms with Crippen LogP contribution in [0.4, 0.5) is 0 Å². The van der Waals surface area contributed by atoms with Crippen molar-refractivity contribution in [3.05, 3.63) is 94.8 Å². The number of hydrogen-bond acceptors (Lipinski definition) is 6. The minimum absolute atomic E-state index is 0.277. The normalized spacial score (nSPS) is 11.5. The summed E-state index contributed by atoms with van der Waals surface area (Å²) in [6.45, 7) is 1.98. The molecular formula is C23H15N7O2. The van der Waals surface area contributed by atoms with E-state index in [1.807, 2.05) is 37.3 Å². The van der Waals surface area contributed by atoms with E-state index >= 15 is 0 Å². The van der Waals surface area contributed by atoms with Crippen molar-refractivity contribution in [3.8, 4) is 5.69 Å². The van der Waals surface area contributed by atoms with E-state index in [-0.39, 0.29) is 11.5 Å². The van der Waals surface area contributed by atoms with Crippen molar-refractivity contribution in [1.82, 2.24) is 33.9 Å². The smallest absolute Gasteiger partial charge is 0.268 e. The van der Waals surface area contributed by atoms with E-state index in [9.17, 15) is 9.59 Å². The molecule has 0 aliphatic heterocycles. The number of carbonyl (C=O) groups excluding carboxylic acids is 1. The number of carbonyl (C=O) groups is 1. The molecule has 4 aromatic heterocycles. The lowest BCUT2D eigenvalue weighted by Crippen LogP contribution is -2.22. The molecule has 0 radical (unpaired) electrons. The third kappa shape index (κ3) is 2.51. The molecule has 32 heavy (non-hydrogen) atoms. The van der Waals surface area contributed by atoms with Crippen LogP contribution in [-0.4, -0.2) is 39.8 Å². The number of pyridine rings is 1. The van der Waals surface area contributed by atoms with Gasteiger partial charge in [-0.05, 0) is 31.2 Å². The van der Waals surface area contributed by atoms with E-state index < -0.39 is 0 Å². The number of nitrogens with zero attached hydrogens (tertiary/aromatic N) is 7. The largest absolute Gasteiger partial charge is 0.280 e. The van der Waals surface area contributed by atoms with Crippen LogP contribution in [0.5, 0.6) is 0 Å². The van der Waals surface area contributed by atoms with E-state index in [1.165, 1.54) is 28.0 Å². The van der Waals surface area contributed by atoms with E-state index in [2.05, 4.69) is 20.2 Å². The van der Waals surface area contributed by atoms with E-state index in [0.29, 0.717) is 39.0 Å². The molecular weight excluding hydrogens is 406 g/mol. The maximum absolute atomic E-state index is 13.5. The van der Waals surface area contributed by atoms with Crippen LogP contribution in [0.25, 0.3) is 33.4 Å². The van der Waals surface area contributed by atoms with Gasteiger partial charge in [0, 0.05) is 11.8 Å². The predicted octanol–water partition coefficient (Wildman–Crippen LogP) is 2.78. The zero-order valence-electron chi connectivity index (χ0n) is 16.9. The number of rotatable bonds is 2. The van der Waals surface area contributed by atoms with Crippen molar-refractivity contribution >= 4 is 33.6 Å². The second-order valence-corrected chi connectivity index (χ2v) is 7.43. The Morgan fingerprint density at radius 1 is 0.875 bits per heavy atom. The minimum atomic E-state index is -0.310. The summed E-state index contributed by atoms with van der Waals surface area (Å²) in [4.78, 5) is 35.2. The fraction of sp³-hybridized carbons (Fsp3) is 0.0435. The molecule has 154 valence electrons. The quantitative estimate of drug-likeness (QED) is 0.426. The van der Waals surface area contributed by atoms with Gasteiger partial charge >= 0.3 is 0 Å². The Labute approximate surface area is 180 Å². The molecule has 0 unspecified atom stereocenters. The summed E-state index contributed by atoms with van der Waals surface area (Å²) in [5.41, 5.74) is 2.81. The molecule has 0 amide bonds. The molecule has 6 aromatic rings. The van der Waals surface area contributed by atoms with E-state index in [4.69, 9.17) is 0 Å². The van der Waals surface area contributed by atoms with Crippen molar-refractivity contribution in [3.63, 3.8) is 0 Å². The number of benzene rings is 2. The maximum atomic E-state index is 13.5. The number of aryl methyl sites for hydroxylation is 1. The monoisotopic (exact) mass is 421 g/mol. The highest BCUT2D eigenvalue weighted by molar-refractivity contribution is 6.07. The molecule has 0 fully saturated rings. The van der Waals surface area contributed by atoms with Gasteiger partial charge in [-0.25, -0.2) is 9.55 Å². The van der Waals surface area contributed by atoms with Crippen molar-refractivity contribution < 1.29 is 4.79 Å². The zero-order chi connectivity index (χ0) is 21.8. The molecule has 9 nitrogen and oxygen atoms in total. The van der Waals surface area contributed by atoms with Crippen LogP contribution in [0.3, 0.4) is 0 Å². The van der Waals surface area contributed by atoms with E-state index in [0.717, 1.165) is 5.56 Å². The van der Waals surface area contributed by atoms with Crippen molar-refractivity contribution in [2.75, 3.05) is 0 Å². The molecule has 0 N–H and O–H groups in total. The fourth-order valence-electron chi connectivity index (χ4n) is 3.88. The first-order chi connectivity index (χ1) is 15.6. The molecule has 0 aliphatic rings. The highest BCUT2D eigenvalue weighted by Crippen LogP contribution is 2.23. The van der Waals surface area contributed by atoms with Gasteiger partial charge in [0.2, 0.25) is 5.78 Å². The third-order valence-corrected chi connectivity index (χ3v) is 5.45. The molecule has 6 rings (SSSR count). The average Bonchev–Trinajstić information content (AvgIpc) is 3.47. The van der Waals surface area contributed by atoms with Gasteiger partial charge in [0.05, 0.1) is 28.2 Å². The van der Waals surface area contributed by atoms with Gasteiger partial charge < -0.3 is 0 Å². The number of aromatic nitrogens is 7. The summed E-state index contributed by atoms with van der Waals surface area (Å²) >= 11 is 0. The lowest BCUT2D eigenvalue weighted by molar-refractivity contribution is 0.0950. The van der Waals surface area contributed by atoms with Crippen LogP contribution in [0.15, 0.2) is 78.1 Å². The lowest BCUT2D eigenvalue weighted by Gasteiger charge is -2.10. The highest BCUT2D eigenvalue weighted by atomic mass is 16.2. The molecule has 0 atom stereocenters. The van der Waals surface area contributed by atoms with Gasteiger partial charge in [0.15, 0.2) is 5.65 Å². The summed E-state index contributed by atoms with van der Waals surface area (Å²) in [6.07, 6.45) is 4.38. The second-order valence-electron chi connectivity index (χ2n) is 7.43. The summed E-state index contributed by atoms with van der Waals surface area (Å²) < 4.78 is 4.32. The number of hydrogen-bond donors (Lipinski definition) is 0. The van der Waals surface area contributed by atoms with Crippen molar-refractivity contribution in [2.24, 2.45) is 0 Å². The van der Waals surface area contributed by atoms with Gasteiger partial charge in [-0.1, -0.05) is 35.9 Å². The summed E-state index contributed by atoms with van der Waals surface area (Å²) in [5, 5.41) is 9.50. The first kappa shape index (κ1) is 18.1. The standard InChI is InChI=1S/C23H15N7O2/c1-14-7-9-16(10-8-14)28-22(32)18-11-24-20-17(19(18)29-23(28)25-13-27-29)12-26-30(20)21(31)15-5-3-2-4-6-15/h2-13H,1H3. The van der Waals surface area contributed by atoms with Crippen LogP contribution in [0.2, 0.25) is 0 Å². The Bertz CT molecular complexity index is 1710. The Hall–Kier alpha value is -4.66. The third-order valence-electron chi connectivity index (χ3n) is 5.45. The van der Waals surface area contributed by atoms with Crippen molar-refractivity contribution in [1.29, 1.82) is 0 Å². The zero-order valence-corrected chi connectivity index (χ0v) is 16.9. The lowest BCUT2D eigenvalue weighted by atomic mass is 10.2. The van der Waals surface area contributed by atoms with Gasteiger partial charge in [-0.15, -0.1) is 0 Å². The van der Waals surface area contributed by atoms with Crippen LogP contribution in [0.1, 0.15) is 15.9 Å².